The van der Waals surface area contributed by atoms with Gasteiger partial charge in [0.1, 0.15) is 0 Å². The predicted molar refractivity (Wildman–Crippen MR) is 167 cm³/mol. The van der Waals surface area contributed by atoms with Gasteiger partial charge in [-0.25, -0.2) is 0 Å². The molecule has 0 aliphatic heterocycles. The number of unbranched alkanes of at least 4 members (excludes halogenated alkanes) is 11. The average Bonchev–Trinajstić information content (AvgIpc) is 2.88. The van der Waals surface area contributed by atoms with E-state index in [0.717, 1.165) is 24.2 Å². The maximum atomic E-state index is 5.25. The van der Waals surface area contributed by atoms with Crippen LogP contribution in [0.1, 0.15) is 132 Å². The van der Waals surface area contributed by atoms with Crippen molar-refractivity contribution in [1.29, 1.82) is 0 Å². The van der Waals surface area contributed by atoms with Crippen LogP contribution in [0.25, 0.3) is 0 Å². The molecule has 0 spiro atoms. The van der Waals surface area contributed by atoms with Gasteiger partial charge < -0.3 is 0 Å². The molecule has 0 saturated carbocycles. The Morgan fingerprint density at radius 2 is 0.811 bits per heavy atom. The van der Waals surface area contributed by atoms with E-state index in [-0.39, 0.29) is 0 Å². The first-order valence-electron chi connectivity index (χ1n) is 15.2. The van der Waals surface area contributed by atoms with Gasteiger partial charge in [0.2, 0.25) is 0 Å². The van der Waals surface area contributed by atoms with Gasteiger partial charge in [0.05, 0.1) is 22.8 Å². The largest absolute Gasteiger partial charge is 0.252 e. The van der Waals surface area contributed by atoms with Crippen molar-refractivity contribution in [2.75, 3.05) is 0 Å². The molecule has 2 aromatic carbocycles. The van der Waals surface area contributed by atoms with E-state index in [4.69, 9.17) is 9.98 Å². The Balaban J connectivity index is 2.22. The van der Waals surface area contributed by atoms with Crippen molar-refractivity contribution in [2.45, 2.75) is 138 Å². The van der Waals surface area contributed by atoms with Crippen molar-refractivity contribution in [2.24, 2.45) is 9.98 Å². The standard InChI is InChI=1S/C35H54N2/c1-7-9-11-13-14-15-16-17-19-21-35(37-33-25-23-29(4)31(6)27-33)34(20-18-12-10-8-2)36-32-24-22-28(3)30(5)26-32/h22-27H,7-21H2,1-6H3. The fourth-order valence-corrected chi connectivity index (χ4v) is 4.75. The molecular weight excluding hydrogens is 448 g/mol. The third kappa shape index (κ3) is 12.2. The molecule has 0 aromatic heterocycles. The third-order valence-electron chi connectivity index (χ3n) is 7.63. The van der Waals surface area contributed by atoms with Gasteiger partial charge in [-0.2, -0.15) is 0 Å². The number of hydrogen-bond acceptors (Lipinski definition) is 2. The van der Waals surface area contributed by atoms with Crippen LogP contribution in [-0.2, 0) is 0 Å². The van der Waals surface area contributed by atoms with Crippen LogP contribution in [0, 0.1) is 27.7 Å². The van der Waals surface area contributed by atoms with Gasteiger partial charge in [-0.15, -0.1) is 0 Å². The van der Waals surface area contributed by atoms with Crippen molar-refractivity contribution in [3.05, 3.63) is 58.7 Å². The topological polar surface area (TPSA) is 24.7 Å². The van der Waals surface area contributed by atoms with E-state index in [1.165, 1.54) is 117 Å². The molecule has 0 fully saturated rings. The zero-order valence-corrected chi connectivity index (χ0v) is 25.0. The minimum absolute atomic E-state index is 1.01. The van der Waals surface area contributed by atoms with Crippen molar-refractivity contribution >= 4 is 22.8 Å². The molecule has 0 bridgehead atoms. The van der Waals surface area contributed by atoms with Gasteiger partial charge in [-0.3, -0.25) is 9.98 Å². The molecule has 2 rings (SSSR count). The van der Waals surface area contributed by atoms with Gasteiger partial charge in [0.15, 0.2) is 0 Å². The van der Waals surface area contributed by atoms with Gasteiger partial charge >= 0.3 is 0 Å². The van der Waals surface area contributed by atoms with E-state index in [2.05, 4.69) is 77.9 Å². The number of nitrogens with zero attached hydrogens (tertiary/aromatic N) is 2. The van der Waals surface area contributed by atoms with Crippen LogP contribution in [0.4, 0.5) is 11.4 Å². The van der Waals surface area contributed by atoms with Gasteiger partial charge in [-0.05, 0) is 99.9 Å². The summed E-state index contributed by atoms with van der Waals surface area (Å²) in [6, 6.07) is 13.2. The highest BCUT2D eigenvalue weighted by atomic mass is 14.8. The van der Waals surface area contributed by atoms with Crippen LogP contribution in [0.15, 0.2) is 46.4 Å². The first kappa shape index (κ1) is 31.0. The van der Waals surface area contributed by atoms with Crippen molar-refractivity contribution in [3.63, 3.8) is 0 Å². The molecule has 204 valence electrons. The molecule has 0 radical (unpaired) electrons. The second-order valence-electron chi connectivity index (χ2n) is 11.0. The maximum Gasteiger partial charge on any atom is 0.0636 e. The van der Waals surface area contributed by atoms with Crippen molar-refractivity contribution in [1.82, 2.24) is 0 Å². The Morgan fingerprint density at radius 1 is 0.459 bits per heavy atom. The van der Waals surface area contributed by atoms with Crippen LogP contribution >= 0.6 is 0 Å². The van der Waals surface area contributed by atoms with E-state index < -0.39 is 0 Å². The zero-order chi connectivity index (χ0) is 26.9. The molecule has 2 nitrogen and oxygen atoms in total. The molecule has 0 heterocycles. The summed E-state index contributed by atoms with van der Waals surface area (Å²) in [4.78, 5) is 10.5. The van der Waals surface area contributed by atoms with E-state index in [0.29, 0.717) is 0 Å². The lowest BCUT2D eigenvalue weighted by Gasteiger charge is -2.13. The lowest BCUT2D eigenvalue weighted by Crippen LogP contribution is -2.14. The summed E-state index contributed by atoms with van der Waals surface area (Å²) in [5, 5.41) is 0. The summed E-state index contributed by atoms with van der Waals surface area (Å²) >= 11 is 0. The van der Waals surface area contributed by atoms with Crippen LogP contribution in [0.3, 0.4) is 0 Å². The SMILES string of the molecule is CCCCCCCCCCCC(=Nc1ccc(C)c(C)c1)C(CCCCCC)=Nc1ccc(C)c(C)c1. The number of benzene rings is 2. The molecule has 37 heavy (non-hydrogen) atoms. The highest BCUT2D eigenvalue weighted by molar-refractivity contribution is 6.43. The van der Waals surface area contributed by atoms with Crippen molar-refractivity contribution in [3.8, 4) is 0 Å². The van der Waals surface area contributed by atoms with Gasteiger partial charge in [0, 0.05) is 0 Å². The summed E-state index contributed by atoms with van der Waals surface area (Å²) in [6.07, 6.45) is 19.1. The molecule has 0 atom stereocenters. The molecular formula is C35H54N2. The van der Waals surface area contributed by atoms with Crippen LogP contribution in [0.5, 0.6) is 0 Å². The highest BCUT2D eigenvalue weighted by Gasteiger charge is 2.12. The molecule has 0 aliphatic carbocycles. The van der Waals surface area contributed by atoms with Gasteiger partial charge in [-0.1, -0.05) is 96.6 Å². The summed E-state index contributed by atoms with van der Waals surface area (Å²) < 4.78 is 0. The molecule has 0 unspecified atom stereocenters. The summed E-state index contributed by atoms with van der Waals surface area (Å²) in [7, 11) is 0. The average molecular weight is 503 g/mol. The minimum Gasteiger partial charge on any atom is -0.252 e. The lowest BCUT2D eigenvalue weighted by atomic mass is 10.00. The van der Waals surface area contributed by atoms with E-state index in [9.17, 15) is 0 Å². The van der Waals surface area contributed by atoms with E-state index in [1.54, 1.807) is 0 Å². The Bertz CT molecular complexity index is 983. The molecule has 2 heteroatoms. The minimum atomic E-state index is 1.01. The highest BCUT2D eigenvalue weighted by Crippen LogP contribution is 2.23. The number of rotatable bonds is 18. The van der Waals surface area contributed by atoms with Crippen LogP contribution in [0.2, 0.25) is 0 Å². The molecule has 2 aromatic rings. The summed E-state index contributed by atoms with van der Waals surface area (Å²) in [5.41, 5.74) is 9.77. The van der Waals surface area contributed by atoms with Gasteiger partial charge in [0.25, 0.3) is 0 Å². The molecule has 0 N–H and O–H groups in total. The second kappa shape index (κ2) is 18.1. The Kier molecular flexibility index (Phi) is 15.2. The Hall–Kier alpha value is -2.22. The number of hydrogen-bond donors (Lipinski definition) is 0. The number of aliphatic imine (C=N–C) groups is 2. The quantitative estimate of drug-likeness (QED) is 0.143. The molecule has 0 saturated heterocycles. The summed E-state index contributed by atoms with van der Waals surface area (Å²) in [5.74, 6) is 0. The smallest absolute Gasteiger partial charge is 0.0636 e. The Labute approximate surface area is 229 Å². The zero-order valence-electron chi connectivity index (χ0n) is 25.0. The fourth-order valence-electron chi connectivity index (χ4n) is 4.75. The first-order valence-corrected chi connectivity index (χ1v) is 15.2. The maximum absolute atomic E-state index is 5.25. The molecule has 0 aliphatic rings. The third-order valence-corrected chi connectivity index (χ3v) is 7.63. The monoisotopic (exact) mass is 502 g/mol. The normalized spacial score (nSPS) is 12.4. The summed E-state index contributed by atoms with van der Waals surface area (Å²) in [6.45, 7) is 13.3. The molecule has 0 amide bonds. The number of aryl methyl sites for hydroxylation is 4. The van der Waals surface area contributed by atoms with Crippen LogP contribution < -0.4 is 0 Å². The van der Waals surface area contributed by atoms with E-state index in [1.807, 2.05) is 0 Å². The lowest BCUT2D eigenvalue weighted by molar-refractivity contribution is 0.568. The first-order chi connectivity index (χ1) is 17.9. The van der Waals surface area contributed by atoms with Crippen molar-refractivity contribution < 1.29 is 0 Å². The predicted octanol–water partition coefficient (Wildman–Crippen LogP) is 11.7. The fraction of sp³-hybridized carbons (Fsp3) is 0.600. The van der Waals surface area contributed by atoms with E-state index >= 15 is 0 Å². The van der Waals surface area contributed by atoms with Crippen LogP contribution in [-0.4, -0.2) is 11.4 Å². The Morgan fingerprint density at radius 3 is 1.19 bits per heavy atom. The second-order valence-corrected chi connectivity index (χ2v) is 11.0.